The number of non-ortho nitro benzene ring substituents is 1. The number of quaternary nitrogens is 1. The maximum Gasteiger partial charge on any atom is 0.525 e. The SMILES string of the molecule is O=C[N+]1(C(=O)OCc2ccc([N+](=O)[O-])cc2)C[C@@H](S)C[C@H]1N1CCC(O)CC1. The number of benzene rings is 1. The van der Waals surface area contributed by atoms with Gasteiger partial charge in [-0.05, 0) is 30.5 Å². The molecule has 2 aliphatic rings. The first-order chi connectivity index (χ1) is 13.4. The Kier molecular flexibility index (Phi) is 6.33. The topological polar surface area (TPSA) is 110 Å². The number of piperidine rings is 1. The molecule has 0 saturated carbocycles. The van der Waals surface area contributed by atoms with Gasteiger partial charge >= 0.3 is 12.5 Å². The zero-order chi connectivity index (χ0) is 20.3. The van der Waals surface area contributed by atoms with Crippen molar-refractivity contribution in [1.82, 2.24) is 4.90 Å². The summed E-state index contributed by atoms with van der Waals surface area (Å²) in [6.45, 7) is 1.38. The number of nitro groups is 1. The number of aliphatic hydroxyl groups is 1. The van der Waals surface area contributed by atoms with E-state index in [1.54, 1.807) is 0 Å². The van der Waals surface area contributed by atoms with Gasteiger partial charge in [-0.15, -0.1) is 4.48 Å². The van der Waals surface area contributed by atoms with Crippen molar-refractivity contribution in [3.05, 3.63) is 39.9 Å². The van der Waals surface area contributed by atoms with Gasteiger partial charge in [0, 0.05) is 31.6 Å². The number of likely N-dealkylation sites (tertiary alicyclic amines) is 2. The number of nitro benzene ring substituents is 1. The summed E-state index contributed by atoms with van der Waals surface area (Å²) < 4.78 is 4.94. The fraction of sp³-hybridized carbons (Fsp3) is 0.556. The molecule has 2 fully saturated rings. The molecule has 0 spiro atoms. The van der Waals surface area contributed by atoms with Crippen LogP contribution in [0.15, 0.2) is 24.3 Å². The highest BCUT2D eigenvalue weighted by molar-refractivity contribution is 7.81. The van der Waals surface area contributed by atoms with Gasteiger partial charge in [-0.1, -0.05) is 0 Å². The first-order valence-corrected chi connectivity index (χ1v) is 9.72. The van der Waals surface area contributed by atoms with Crippen molar-refractivity contribution in [2.45, 2.75) is 43.4 Å². The third-order valence-corrected chi connectivity index (χ3v) is 5.86. The molecule has 1 aromatic rings. The highest BCUT2D eigenvalue weighted by Gasteiger charge is 2.56. The maximum absolute atomic E-state index is 12.9. The molecule has 28 heavy (non-hydrogen) atoms. The van der Waals surface area contributed by atoms with Gasteiger partial charge in [0.15, 0.2) is 6.17 Å². The fourth-order valence-corrected chi connectivity index (χ4v) is 4.39. The van der Waals surface area contributed by atoms with E-state index >= 15 is 0 Å². The van der Waals surface area contributed by atoms with E-state index in [2.05, 4.69) is 17.5 Å². The van der Waals surface area contributed by atoms with E-state index in [0.29, 0.717) is 44.3 Å². The summed E-state index contributed by atoms with van der Waals surface area (Å²) in [5.41, 5.74) is 0.554. The molecule has 2 heterocycles. The number of carbonyl (C=O) groups is 2. The van der Waals surface area contributed by atoms with Crippen molar-refractivity contribution in [2.24, 2.45) is 0 Å². The van der Waals surface area contributed by atoms with Gasteiger partial charge in [-0.3, -0.25) is 15.0 Å². The van der Waals surface area contributed by atoms with Crippen molar-refractivity contribution >= 4 is 30.8 Å². The van der Waals surface area contributed by atoms with Gasteiger partial charge < -0.3 is 9.84 Å². The lowest BCUT2D eigenvalue weighted by molar-refractivity contribution is -0.800. The lowest BCUT2D eigenvalue weighted by atomic mass is 10.1. The van der Waals surface area contributed by atoms with Crippen LogP contribution in [0.3, 0.4) is 0 Å². The molecule has 2 amide bonds. The van der Waals surface area contributed by atoms with Crippen LogP contribution < -0.4 is 0 Å². The van der Waals surface area contributed by atoms with Crippen molar-refractivity contribution in [3.8, 4) is 0 Å². The Morgan fingerprint density at radius 3 is 2.57 bits per heavy atom. The van der Waals surface area contributed by atoms with Crippen LogP contribution in [0.5, 0.6) is 0 Å². The lowest BCUT2D eigenvalue weighted by Gasteiger charge is -2.39. The fourth-order valence-electron chi connectivity index (χ4n) is 3.93. The number of carbonyl (C=O) groups excluding carboxylic acids is 2. The van der Waals surface area contributed by atoms with Crippen LogP contribution in [0, 0.1) is 10.1 Å². The normalized spacial score (nSPS) is 28.8. The van der Waals surface area contributed by atoms with Crippen molar-refractivity contribution in [3.63, 3.8) is 0 Å². The molecule has 2 aliphatic heterocycles. The monoisotopic (exact) mass is 410 g/mol. The number of aliphatic hydroxyl groups excluding tert-OH is 1. The zero-order valence-electron chi connectivity index (χ0n) is 15.3. The average molecular weight is 410 g/mol. The summed E-state index contributed by atoms with van der Waals surface area (Å²) in [6.07, 6.45) is 1.04. The number of imide groups is 1. The molecule has 0 bridgehead atoms. The summed E-state index contributed by atoms with van der Waals surface area (Å²) in [6, 6.07) is 5.72. The van der Waals surface area contributed by atoms with E-state index in [4.69, 9.17) is 4.74 Å². The van der Waals surface area contributed by atoms with E-state index in [9.17, 15) is 24.8 Å². The Bertz CT molecular complexity index is 737. The predicted molar refractivity (Wildman–Crippen MR) is 102 cm³/mol. The summed E-state index contributed by atoms with van der Waals surface area (Å²) in [5.74, 6) is 0. The molecule has 0 aliphatic carbocycles. The van der Waals surface area contributed by atoms with Crippen LogP contribution in [0.1, 0.15) is 24.8 Å². The average Bonchev–Trinajstić information content (AvgIpc) is 3.04. The van der Waals surface area contributed by atoms with E-state index in [0.717, 1.165) is 0 Å². The highest BCUT2D eigenvalue weighted by atomic mass is 32.1. The number of hydrogen-bond donors (Lipinski definition) is 2. The summed E-state index contributed by atoms with van der Waals surface area (Å²) in [5, 5.41) is 20.3. The van der Waals surface area contributed by atoms with Gasteiger partial charge in [0.1, 0.15) is 13.2 Å². The van der Waals surface area contributed by atoms with Gasteiger partial charge in [-0.2, -0.15) is 17.4 Å². The van der Waals surface area contributed by atoms with Gasteiger partial charge in [0.05, 0.1) is 16.3 Å². The lowest BCUT2D eigenvalue weighted by Crippen LogP contribution is -2.62. The van der Waals surface area contributed by atoms with Crippen molar-refractivity contribution < 1.29 is 28.8 Å². The molecule has 3 rings (SSSR count). The maximum atomic E-state index is 12.9. The predicted octanol–water partition coefficient (Wildman–Crippen LogP) is 1.69. The Labute approximate surface area is 168 Å². The first kappa shape index (κ1) is 20.7. The standard InChI is InChI=1S/C18H23N3O6S/c22-12-21(10-16(28)9-17(21)19-7-5-15(23)6-8-19)18(24)27-11-13-1-3-14(4-2-13)20(25)26/h1-4,12,15-17,23H,5-11H2/p+1/t16-,17-,21?/m0/s1. The molecule has 1 unspecified atom stereocenters. The Balaban J connectivity index is 1.71. The number of ether oxygens (including phenoxy) is 1. The molecule has 10 heteroatoms. The van der Waals surface area contributed by atoms with Gasteiger partial charge in [0.25, 0.3) is 5.69 Å². The molecule has 2 saturated heterocycles. The number of hydrogen-bond acceptors (Lipinski definition) is 8. The largest absolute Gasteiger partial charge is 0.525 e. The van der Waals surface area contributed by atoms with E-state index in [-0.39, 0.29) is 36.4 Å². The number of nitrogens with zero attached hydrogens (tertiary/aromatic N) is 3. The minimum atomic E-state index is -0.652. The summed E-state index contributed by atoms with van der Waals surface area (Å²) in [7, 11) is 0. The summed E-state index contributed by atoms with van der Waals surface area (Å²) in [4.78, 5) is 37.2. The molecule has 1 N–H and O–H groups in total. The zero-order valence-corrected chi connectivity index (χ0v) is 16.2. The first-order valence-electron chi connectivity index (χ1n) is 9.20. The molecular formula is C18H24N3O6S+. The second kappa shape index (κ2) is 8.56. The smallest absolute Gasteiger partial charge is 0.415 e. The third-order valence-electron chi connectivity index (χ3n) is 5.49. The number of amides is 2. The second-order valence-corrected chi connectivity index (χ2v) is 8.06. The highest BCUT2D eigenvalue weighted by Crippen LogP contribution is 2.34. The molecule has 3 atom stereocenters. The molecule has 0 aromatic heterocycles. The molecule has 1 aromatic carbocycles. The van der Waals surface area contributed by atoms with Crippen molar-refractivity contribution in [1.29, 1.82) is 0 Å². The van der Waals surface area contributed by atoms with E-state index in [1.165, 1.54) is 24.3 Å². The molecule has 9 nitrogen and oxygen atoms in total. The Morgan fingerprint density at radius 1 is 1.36 bits per heavy atom. The quantitative estimate of drug-likeness (QED) is 0.250. The van der Waals surface area contributed by atoms with Crippen LogP contribution in [0.2, 0.25) is 0 Å². The third kappa shape index (κ3) is 4.19. The minimum absolute atomic E-state index is 0.0451. The molecule has 0 radical (unpaired) electrons. The van der Waals surface area contributed by atoms with Crippen LogP contribution >= 0.6 is 12.6 Å². The number of rotatable bonds is 5. The minimum Gasteiger partial charge on any atom is -0.415 e. The van der Waals surface area contributed by atoms with Crippen LogP contribution in [0.4, 0.5) is 10.5 Å². The van der Waals surface area contributed by atoms with E-state index < -0.39 is 15.5 Å². The number of thiol groups is 1. The summed E-state index contributed by atoms with van der Waals surface area (Å²) >= 11 is 4.50. The second-order valence-electron chi connectivity index (χ2n) is 7.33. The molecule has 152 valence electrons. The van der Waals surface area contributed by atoms with Crippen LogP contribution in [-0.4, -0.2) is 69.1 Å². The van der Waals surface area contributed by atoms with Gasteiger partial charge in [0.2, 0.25) is 0 Å². The van der Waals surface area contributed by atoms with Crippen LogP contribution in [-0.2, 0) is 16.1 Å². The van der Waals surface area contributed by atoms with Gasteiger partial charge in [-0.25, -0.2) is 4.79 Å². The Hall–Kier alpha value is -2.01. The Morgan fingerprint density at radius 2 is 2.00 bits per heavy atom. The van der Waals surface area contributed by atoms with Crippen LogP contribution in [0.25, 0.3) is 0 Å². The van der Waals surface area contributed by atoms with Crippen molar-refractivity contribution in [2.75, 3.05) is 19.6 Å². The van der Waals surface area contributed by atoms with E-state index in [1.807, 2.05) is 0 Å². The molecular weight excluding hydrogens is 386 g/mol.